The normalized spacial score (nSPS) is 45.1. The van der Waals surface area contributed by atoms with Crippen molar-refractivity contribution in [3.8, 4) is 0 Å². The van der Waals surface area contributed by atoms with E-state index in [1.165, 1.54) is 6.08 Å². The van der Waals surface area contributed by atoms with E-state index in [1.54, 1.807) is 7.11 Å². The van der Waals surface area contributed by atoms with Crippen LogP contribution < -0.4 is 0 Å². The van der Waals surface area contributed by atoms with Crippen LogP contribution in [0.25, 0.3) is 0 Å². The Morgan fingerprint density at radius 3 is 2.22 bits per heavy atom. The number of carbonyl (C=O) groups is 1. The second kappa shape index (κ2) is 16.3. The first kappa shape index (κ1) is 39.5. The molecule has 0 bridgehead atoms. The fourth-order valence-electron chi connectivity index (χ4n) is 11.4. The molecule has 1 N–H and O–H groups in total. The molecule has 4 saturated carbocycles. The van der Waals surface area contributed by atoms with Crippen LogP contribution in [0.15, 0.2) is 11.6 Å². The number of hydrogen-bond donors (Lipinski definition) is 1. The van der Waals surface area contributed by atoms with Crippen molar-refractivity contribution in [2.45, 2.75) is 147 Å². The van der Waals surface area contributed by atoms with Crippen LogP contribution >= 0.6 is 0 Å². The maximum Gasteiger partial charge on any atom is 0.331 e. The zero-order valence-corrected chi connectivity index (χ0v) is 32.0. The molecule has 12 heteroatoms. The lowest BCUT2D eigenvalue weighted by molar-refractivity contribution is -0.339. The summed E-state index contributed by atoms with van der Waals surface area (Å²) in [5.41, 5.74) is -1.52. The topological polar surface area (TPSA) is 130 Å². The third kappa shape index (κ3) is 6.98. The van der Waals surface area contributed by atoms with E-state index in [4.69, 9.17) is 47.4 Å². The number of aliphatic hydroxyl groups is 1. The van der Waals surface area contributed by atoms with E-state index in [1.807, 2.05) is 27.7 Å². The summed E-state index contributed by atoms with van der Waals surface area (Å²) in [6.45, 7) is 14.8. The van der Waals surface area contributed by atoms with E-state index < -0.39 is 41.2 Å². The van der Waals surface area contributed by atoms with E-state index in [-0.39, 0.29) is 56.5 Å². The number of ether oxygens (including phenoxy) is 10. The van der Waals surface area contributed by atoms with Gasteiger partial charge in [0.2, 0.25) is 0 Å². The Kier molecular flexibility index (Phi) is 12.6. The molecule has 292 valence electrons. The molecule has 0 aromatic rings. The van der Waals surface area contributed by atoms with Crippen molar-refractivity contribution in [1.82, 2.24) is 0 Å². The van der Waals surface area contributed by atoms with E-state index in [0.29, 0.717) is 43.7 Å². The van der Waals surface area contributed by atoms with Gasteiger partial charge in [-0.05, 0) is 109 Å². The Labute approximate surface area is 304 Å². The molecule has 51 heavy (non-hydrogen) atoms. The quantitative estimate of drug-likeness (QED) is 0.0963. The van der Waals surface area contributed by atoms with Gasteiger partial charge in [-0.25, -0.2) is 4.79 Å². The van der Waals surface area contributed by atoms with Crippen molar-refractivity contribution in [3.05, 3.63) is 11.6 Å². The van der Waals surface area contributed by atoms with Crippen molar-refractivity contribution in [3.63, 3.8) is 0 Å². The van der Waals surface area contributed by atoms with Crippen LogP contribution in [0.1, 0.15) is 99.3 Å². The van der Waals surface area contributed by atoms with Crippen molar-refractivity contribution < 1.29 is 57.3 Å². The molecule has 0 aromatic heterocycles. The Bertz CT molecular complexity index is 1210. The smallest absolute Gasteiger partial charge is 0.331 e. The van der Waals surface area contributed by atoms with E-state index in [0.717, 1.165) is 51.4 Å². The van der Waals surface area contributed by atoms with Crippen LogP contribution in [-0.2, 0) is 52.2 Å². The minimum absolute atomic E-state index is 0.00820. The summed E-state index contributed by atoms with van der Waals surface area (Å²) in [6.07, 6.45) is 7.25. The lowest BCUT2D eigenvalue weighted by atomic mass is 9.42. The van der Waals surface area contributed by atoms with Gasteiger partial charge < -0.3 is 52.5 Å². The summed E-state index contributed by atoms with van der Waals surface area (Å²) in [5.74, 6) is 0.791. The lowest BCUT2D eigenvalue weighted by Gasteiger charge is -2.65. The maximum atomic E-state index is 12.5. The highest BCUT2D eigenvalue weighted by molar-refractivity contribution is 5.86. The second-order valence-corrected chi connectivity index (χ2v) is 16.1. The standard InChI is InChI=1S/C39H64O12/c1-8-43-22-47-32-25(4)50-35(34(33(32)42-7)48-23-44-9-2)51-28-13-15-36(5)26(19-28)11-12-30-29(36)14-16-37(6)38(41,27-20-31(40)46-21-27)17-18-39(30,37)49-24-45-10-3/h20,25-26,28-30,32-35,41H,8-19,21-24H2,1-7H3/t25-,26+,28-,29-,30+,32-,33+,34-,35-,36-,37+,38-,39-/m0/s1. The molecule has 0 spiro atoms. The first-order chi connectivity index (χ1) is 24.5. The number of rotatable bonds is 16. The molecule has 0 unspecified atom stereocenters. The van der Waals surface area contributed by atoms with Crippen LogP contribution in [0.2, 0.25) is 0 Å². The van der Waals surface area contributed by atoms with Crippen LogP contribution in [0.3, 0.4) is 0 Å². The molecule has 4 aliphatic carbocycles. The summed E-state index contributed by atoms with van der Waals surface area (Å²) in [4.78, 5) is 12.2. The summed E-state index contributed by atoms with van der Waals surface area (Å²) >= 11 is 0. The monoisotopic (exact) mass is 724 g/mol. The third-order valence-corrected chi connectivity index (χ3v) is 14.1. The second-order valence-electron chi connectivity index (χ2n) is 16.1. The summed E-state index contributed by atoms with van der Waals surface area (Å²) < 4.78 is 60.7. The van der Waals surface area contributed by atoms with E-state index >= 15 is 0 Å². The zero-order valence-electron chi connectivity index (χ0n) is 32.0. The number of esters is 1. The first-order valence-electron chi connectivity index (χ1n) is 19.6. The van der Waals surface area contributed by atoms with Gasteiger partial charge >= 0.3 is 5.97 Å². The average Bonchev–Trinajstić information content (AvgIpc) is 3.66. The predicted octanol–water partition coefficient (Wildman–Crippen LogP) is 5.28. The summed E-state index contributed by atoms with van der Waals surface area (Å²) in [5, 5.41) is 12.5. The van der Waals surface area contributed by atoms with Gasteiger partial charge in [0, 0.05) is 44.0 Å². The number of carbonyl (C=O) groups excluding carboxylic acids is 1. The molecule has 5 fully saturated rings. The Balaban J connectivity index is 1.19. The van der Waals surface area contributed by atoms with Crippen LogP contribution in [-0.4, -0.2) is 113 Å². The predicted molar refractivity (Wildman–Crippen MR) is 185 cm³/mol. The van der Waals surface area contributed by atoms with Crippen molar-refractivity contribution in [2.24, 2.45) is 28.6 Å². The fraction of sp³-hybridized carbons (Fsp3) is 0.923. The average molecular weight is 725 g/mol. The maximum absolute atomic E-state index is 12.5. The highest BCUT2D eigenvalue weighted by Crippen LogP contribution is 2.72. The van der Waals surface area contributed by atoms with Gasteiger partial charge in [0.05, 0.1) is 23.4 Å². The van der Waals surface area contributed by atoms with Gasteiger partial charge in [0.15, 0.2) is 6.29 Å². The van der Waals surface area contributed by atoms with Crippen LogP contribution in [0.5, 0.6) is 0 Å². The molecule has 0 amide bonds. The lowest BCUT2D eigenvalue weighted by Crippen LogP contribution is -2.66. The minimum atomic E-state index is -1.16. The van der Waals surface area contributed by atoms with Gasteiger partial charge in [-0.2, -0.15) is 0 Å². The van der Waals surface area contributed by atoms with Gasteiger partial charge in [0.25, 0.3) is 0 Å². The fourth-order valence-corrected chi connectivity index (χ4v) is 11.4. The van der Waals surface area contributed by atoms with E-state index in [2.05, 4.69) is 13.8 Å². The largest absolute Gasteiger partial charge is 0.458 e. The van der Waals surface area contributed by atoms with Gasteiger partial charge in [0.1, 0.15) is 45.3 Å². The number of fused-ring (bicyclic) bond motifs is 5. The first-order valence-corrected chi connectivity index (χ1v) is 19.6. The summed E-state index contributed by atoms with van der Waals surface area (Å²) in [6, 6.07) is 0. The molecule has 13 atom stereocenters. The third-order valence-electron chi connectivity index (χ3n) is 14.1. The number of hydrogen-bond acceptors (Lipinski definition) is 12. The van der Waals surface area contributed by atoms with Crippen molar-refractivity contribution >= 4 is 5.97 Å². The Morgan fingerprint density at radius 2 is 1.55 bits per heavy atom. The van der Waals surface area contributed by atoms with Gasteiger partial charge in [-0.3, -0.25) is 0 Å². The minimum Gasteiger partial charge on any atom is -0.458 e. The zero-order chi connectivity index (χ0) is 36.4. The van der Waals surface area contributed by atoms with Gasteiger partial charge in [-0.15, -0.1) is 0 Å². The van der Waals surface area contributed by atoms with Gasteiger partial charge in [-0.1, -0.05) is 13.8 Å². The molecular formula is C39H64O12. The molecule has 2 heterocycles. The molecule has 12 nitrogen and oxygen atoms in total. The molecule has 2 aliphatic heterocycles. The molecule has 6 aliphatic rings. The molecule has 0 radical (unpaired) electrons. The Morgan fingerprint density at radius 1 is 0.843 bits per heavy atom. The molecule has 6 rings (SSSR count). The Hall–Kier alpha value is -1.19. The van der Waals surface area contributed by atoms with Crippen molar-refractivity contribution in [2.75, 3.05) is 53.9 Å². The molecular weight excluding hydrogens is 660 g/mol. The number of methoxy groups -OCH3 is 1. The summed E-state index contributed by atoms with van der Waals surface area (Å²) in [7, 11) is 1.67. The number of cyclic esters (lactones) is 1. The van der Waals surface area contributed by atoms with Crippen molar-refractivity contribution in [1.29, 1.82) is 0 Å². The molecule has 0 aromatic carbocycles. The van der Waals surface area contributed by atoms with Crippen LogP contribution in [0, 0.1) is 28.6 Å². The molecule has 1 saturated heterocycles. The van der Waals surface area contributed by atoms with Crippen LogP contribution in [0.4, 0.5) is 0 Å². The highest BCUT2D eigenvalue weighted by atomic mass is 16.8. The highest BCUT2D eigenvalue weighted by Gasteiger charge is 2.74. The van der Waals surface area contributed by atoms with E-state index in [9.17, 15) is 9.90 Å². The SMILES string of the molecule is CCOCO[C@@H]1[C@H](O[C@H]2CC[C@@]3(C)[C@H](CC[C@@H]4[C@@H]3CC[C@@]3(C)[C@]4(OCOCC)CC[C@]3(O)C3=CC(=O)OC3)C2)O[C@@H](C)[C@H](OCOCC)[C@H]1OC.